The molecule has 0 aromatic carbocycles. The third-order valence-electron chi connectivity index (χ3n) is 13.3. The van der Waals surface area contributed by atoms with Gasteiger partial charge in [-0.1, -0.05) is 90.0 Å². The van der Waals surface area contributed by atoms with Gasteiger partial charge in [0.05, 0.1) is 42.5 Å². The third kappa shape index (κ3) is 7.65. The molecule has 7 nitrogen and oxygen atoms in total. The summed E-state index contributed by atoms with van der Waals surface area (Å²) in [6.07, 6.45) is 3.70. The highest BCUT2D eigenvalue weighted by Gasteiger charge is 2.53. The first kappa shape index (κ1) is 37.5. The van der Waals surface area contributed by atoms with Gasteiger partial charge in [-0.15, -0.1) is 0 Å². The van der Waals surface area contributed by atoms with Gasteiger partial charge in [0.15, 0.2) is 18.7 Å². The Morgan fingerprint density at radius 2 is 0.889 bits per heavy atom. The Hall–Kier alpha value is -0.280. The molecule has 0 aromatic heterocycles. The minimum Gasteiger partial charge on any atom is -0.405 e. The van der Waals surface area contributed by atoms with Crippen molar-refractivity contribution in [3.63, 3.8) is 0 Å². The summed E-state index contributed by atoms with van der Waals surface area (Å²) in [6.45, 7) is 31.8. The molecule has 20 atom stereocenters. The van der Waals surface area contributed by atoms with E-state index in [4.69, 9.17) is 33.2 Å². The first-order chi connectivity index (χ1) is 21.3. The average Bonchev–Trinajstić information content (AvgIpc) is 3.03. The Balaban J connectivity index is 1.43. The average molecular weight is 640 g/mol. The van der Waals surface area contributed by atoms with E-state index < -0.39 is 0 Å². The second kappa shape index (κ2) is 16.0. The van der Waals surface area contributed by atoms with Crippen LogP contribution in [0.15, 0.2) is 0 Å². The molecule has 45 heavy (non-hydrogen) atoms. The van der Waals surface area contributed by atoms with E-state index in [1.54, 1.807) is 0 Å². The Morgan fingerprint density at radius 3 is 1.42 bits per heavy atom. The fourth-order valence-electron chi connectivity index (χ4n) is 8.66. The molecule has 7 heteroatoms. The van der Waals surface area contributed by atoms with Crippen LogP contribution >= 0.6 is 0 Å². The van der Waals surface area contributed by atoms with Crippen molar-refractivity contribution in [2.75, 3.05) is 0 Å². The van der Waals surface area contributed by atoms with E-state index >= 15 is 0 Å². The Labute approximate surface area is 276 Å². The van der Waals surface area contributed by atoms with Gasteiger partial charge in [-0.05, 0) is 62.2 Å². The van der Waals surface area contributed by atoms with E-state index in [1.807, 2.05) is 0 Å². The molecule has 0 bridgehead atoms. The lowest BCUT2D eigenvalue weighted by atomic mass is 9.78. The monoisotopic (exact) mass is 640 g/mol. The maximum Gasteiger partial charge on any atom is 0.268 e. The maximum absolute atomic E-state index is 6.89. The molecule has 4 rings (SSSR count). The normalized spacial score (nSPS) is 52.9. The van der Waals surface area contributed by atoms with Crippen LogP contribution < -0.4 is 0 Å². The van der Waals surface area contributed by atoms with Crippen molar-refractivity contribution >= 4 is 0 Å². The summed E-state index contributed by atoms with van der Waals surface area (Å²) in [4.78, 5) is 0. The van der Waals surface area contributed by atoms with Crippen LogP contribution in [0.1, 0.15) is 123 Å². The summed E-state index contributed by atoms with van der Waals surface area (Å²) in [6, 6.07) is 0. The number of hydrogen-bond acceptors (Lipinski definition) is 6. The van der Waals surface area contributed by atoms with Crippen molar-refractivity contribution in [3.05, 3.63) is 0 Å². The number of aliphatic hydroxyl groups is 2. The standard InChI is InChI=1S/C38H70O7/c1-15-29-21(7)19(5)25(11)36(40-29)44-34-23(9)27(13)38(42-31(34)17-3)45-35-24(10)26(12)37(41-32(35)18-4)43-33-22(8)20(6)28(14)39-30(33)16-2/h19-38H,15-18H2,1-14H3/p+1/t19-,20-,21+,22?,23?,24+,25?,26?,27-,28+,29?,30?,31?,32?,33-,34-,35+,36-,37-,38+/m0/s1. The molecule has 0 amide bonds. The predicted octanol–water partition coefficient (Wildman–Crippen LogP) is 7.98. The summed E-state index contributed by atoms with van der Waals surface area (Å²) >= 11 is 0. The van der Waals surface area contributed by atoms with Gasteiger partial charge in [0.25, 0.3) is 6.29 Å². The summed E-state index contributed by atoms with van der Waals surface area (Å²) in [5.41, 5.74) is 0. The molecule has 1 N–H and O–H groups in total. The molecule has 4 fully saturated rings. The van der Waals surface area contributed by atoms with Gasteiger partial charge in [-0.25, -0.2) is 0 Å². The second-order valence-corrected chi connectivity index (χ2v) is 15.7. The van der Waals surface area contributed by atoms with Crippen molar-refractivity contribution in [2.24, 2.45) is 53.3 Å². The predicted molar refractivity (Wildman–Crippen MR) is 180 cm³/mol. The lowest BCUT2D eigenvalue weighted by Gasteiger charge is -2.50. The molecule has 264 valence electrons. The molecule has 8 unspecified atom stereocenters. The highest BCUT2D eigenvalue weighted by Crippen LogP contribution is 2.43. The van der Waals surface area contributed by atoms with Crippen molar-refractivity contribution < 1.29 is 33.2 Å². The van der Waals surface area contributed by atoms with Crippen molar-refractivity contribution in [3.8, 4) is 0 Å². The molecule has 4 aliphatic rings. The molecule has 4 aliphatic heterocycles. The molecule has 0 aromatic rings. The number of hydrogen-bond donors (Lipinski definition) is 0. The van der Waals surface area contributed by atoms with E-state index in [9.17, 15) is 0 Å². The van der Waals surface area contributed by atoms with E-state index in [1.165, 1.54) is 0 Å². The van der Waals surface area contributed by atoms with Crippen LogP contribution in [0, 0.1) is 53.3 Å². The zero-order chi connectivity index (χ0) is 33.3. The van der Waals surface area contributed by atoms with Crippen molar-refractivity contribution in [2.45, 2.75) is 190 Å². The second-order valence-electron chi connectivity index (χ2n) is 15.7. The van der Waals surface area contributed by atoms with Gasteiger partial charge in [-0.2, -0.15) is 0 Å². The molecule has 4 heterocycles. The van der Waals surface area contributed by atoms with Crippen molar-refractivity contribution in [1.82, 2.24) is 0 Å². The van der Waals surface area contributed by atoms with Crippen LogP contribution in [0.25, 0.3) is 0 Å². The van der Waals surface area contributed by atoms with Crippen LogP contribution in [0.2, 0.25) is 0 Å². The summed E-state index contributed by atoms with van der Waals surface area (Å²) < 4.78 is 45.9. The van der Waals surface area contributed by atoms with Gasteiger partial charge in [-0.3, -0.25) is 0 Å². The molecule has 0 spiro atoms. The van der Waals surface area contributed by atoms with E-state index in [-0.39, 0.29) is 79.5 Å². The first-order valence-electron chi connectivity index (χ1n) is 18.9. The minimum absolute atomic E-state index is 0.0106. The third-order valence-corrected chi connectivity index (χ3v) is 13.3. The molecule has 0 aliphatic carbocycles. The maximum atomic E-state index is 6.89. The smallest absolute Gasteiger partial charge is 0.268 e. The summed E-state index contributed by atoms with van der Waals surface area (Å²) in [5, 5.41) is 0. The molecule has 0 radical (unpaired) electrons. The van der Waals surface area contributed by atoms with Gasteiger partial charge in [0.2, 0.25) is 0 Å². The lowest BCUT2D eigenvalue weighted by molar-refractivity contribution is -0.399. The van der Waals surface area contributed by atoms with E-state index in [0.717, 1.165) is 25.7 Å². The quantitative estimate of drug-likeness (QED) is 0.226. The number of ether oxygens (including phenoxy) is 7. The lowest BCUT2D eigenvalue weighted by Crippen LogP contribution is -2.60. The van der Waals surface area contributed by atoms with Crippen LogP contribution in [-0.2, 0) is 28.4 Å². The zero-order valence-electron chi connectivity index (χ0n) is 31.3. The fourth-order valence-corrected chi connectivity index (χ4v) is 8.66. The zero-order valence-corrected chi connectivity index (χ0v) is 31.3. The Bertz CT molecular complexity index is 893. The van der Waals surface area contributed by atoms with Gasteiger partial charge < -0.3 is 33.2 Å². The fraction of sp³-hybridized carbons (Fsp3) is 1.00. The van der Waals surface area contributed by atoms with Crippen LogP contribution in [0.3, 0.4) is 0 Å². The molecular formula is C38H71O7+. The van der Waals surface area contributed by atoms with Crippen LogP contribution in [0.5, 0.6) is 0 Å². The van der Waals surface area contributed by atoms with Gasteiger partial charge in [0.1, 0.15) is 6.10 Å². The van der Waals surface area contributed by atoms with E-state index in [0.29, 0.717) is 41.4 Å². The number of rotatable bonds is 10. The first-order valence-corrected chi connectivity index (χ1v) is 18.9. The van der Waals surface area contributed by atoms with Crippen molar-refractivity contribution in [1.29, 1.82) is 0 Å². The highest BCUT2D eigenvalue weighted by atomic mass is 16.7. The molecule has 0 saturated carbocycles. The molecular weight excluding hydrogens is 568 g/mol. The van der Waals surface area contributed by atoms with Crippen LogP contribution in [-0.4, -0.2) is 72.4 Å². The Morgan fingerprint density at radius 1 is 0.422 bits per heavy atom. The molecule has 4 saturated heterocycles. The highest BCUT2D eigenvalue weighted by molar-refractivity contribution is 4.93. The minimum atomic E-state index is -0.263. The largest absolute Gasteiger partial charge is 0.405 e. The summed E-state index contributed by atoms with van der Waals surface area (Å²) in [5.74, 6) is 3.30. The summed E-state index contributed by atoms with van der Waals surface area (Å²) in [7, 11) is 0. The van der Waals surface area contributed by atoms with Gasteiger partial charge >= 0.3 is 0 Å². The van der Waals surface area contributed by atoms with Crippen LogP contribution in [0.4, 0.5) is 0 Å². The van der Waals surface area contributed by atoms with E-state index in [2.05, 4.69) is 96.9 Å². The SMILES string of the molecule is CCC1O[C@H]([OH+][C@H]2C(CC)O[C@@H](O[C@@H]3C(CC)O[C@H](C)[C@@H](C)C3C)C(C)[C@H]2C)[C@@H](C)C(C)[C@@H]1O[C@@H]1OC(CC)[C@H](C)[C@H](C)C1C. The Kier molecular flexibility index (Phi) is 13.3. The van der Waals surface area contributed by atoms with Gasteiger partial charge in [0, 0.05) is 17.8 Å². The topological polar surface area (TPSA) is 68.2 Å².